The largest absolute Gasteiger partial charge is 0.349 e. The minimum Gasteiger partial charge on any atom is -0.349 e. The van der Waals surface area contributed by atoms with Crippen LogP contribution in [0.4, 0.5) is 0 Å². The fourth-order valence-corrected chi connectivity index (χ4v) is 1.28. The highest BCUT2D eigenvalue weighted by molar-refractivity contribution is 6.31. The Morgan fingerprint density at radius 3 is 2.31 bits per heavy atom. The average Bonchev–Trinajstić information content (AvgIpc) is 2.26. The van der Waals surface area contributed by atoms with Crippen LogP contribution in [0.3, 0.4) is 0 Å². The van der Waals surface area contributed by atoms with Gasteiger partial charge in [0.15, 0.2) is 0 Å². The van der Waals surface area contributed by atoms with Gasteiger partial charge < -0.3 is 4.90 Å². The molecule has 1 aromatic carbocycles. The fraction of sp³-hybridized carbons (Fsp3) is 0.462. The number of hydrogen-bond acceptors (Lipinski definition) is 1. The van der Waals surface area contributed by atoms with Gasteiger partial charge in [-0.05, 0) is 24.1 Å². The van der Waals surface area contributed by atoms with Crippen molar-refractivity contribution in [3.05, 3.63) is 34.3 Å². The molecule has 1 amide bonds. The Balaban J connectivity index is 0.00000106. The molecule has 0 saturated heterocycles. The first-order valence-corrected chi connectivity index (χ1v) is 5.83. The van der Waals surface area contributed by atoms with Crippen molar-refractivity contribution < 1.29 is 4.79 Å². The maximum absolute atomic E-state index is 11.4. The number of halogens is 1. The van der Waals surface area contributed by atoms with E-state index in [0.29, 0.717) is 11.4 Å². The van der Waals surface area contributed by atoms with Crippen molar-refractivity contribution in [3.8, 4) is 0 Å². The monoisotopic (exact) mass is 241 g/mol. The van der Waals surface area contributed by atoms with Crippen molar-refractivity contribution in [2.75, 3.05) is 14.1 Å². The van der Waals surface area contributed by atoms with Crippen molar-refractivity contribution in [1.82, 2.24) is 4.90 Å². The Hall–Kier alpha value is -1.02. The van der Waals surface area contributed by atoms with Crippen LogP contribution >= 0.6 is 11.6 Å². The Morgan fingerprint density at radius 2 is 1.88 bits per heavy atom. The second kappa shape index (κ2) is 7.29. The van der Waals surface area contributed by atoms with Crippen LogP contribution in [0.25, 0.3) is 0 Å². The molecular weight excluding hydrogens is 222 g/mol. The number of benzene rings is 1. The smallest absolute Gasteiger partial charge is 0.226 e. The molecule has 0 atom stereocenters. The third-order valence-corrected chi connectivity index (χ3v) is 2.50. The van der Waals surface area contributed by atoms with Crippen molar-refractivity contribution in [2.24, 2.45) is 0 Å². The zero-order chi connectivity index (χ0) is 12.7. The van der Waals surface area contributed by atoms with Crippen molar-refractivity contribution >= 4 is 17.5 Å². The minimum absolute atomic E-state index is 0.0879. The van der Waals surface area contributed by atoms with Crippen molar-refractivity contribution in [1.29, 1.82) is 0 Å². The quantitative estimate of drug-likeness (QED) is 0.778. The number of aryl methyl sites for hydroxylation is 1. The Bertz CT molecular complexity index is 348. The van der Waals surface area contributed by atoms with Gasteiger partial charge in [0.2, 0.25) is 5.91 Å². The highest BCUT2D eigenvalue weighted by atomic mass is 35.5. The van der Waals surface area contributed by atoms with E-state index >= 15 is 0 Å². The Kier molecular flexibility index (Phi) is 6.82. The molecule has 0 bridgehead atoms. The van der Waals surface area contributed by atoms with Crippen LogP contribution in [-0.4, -0.2) is 24.9 Å². The van der Waals surface area contributed by atoms with Crippen molar-refractivity contribution in [2.45, 2.75) is 27.2 Å². The number of amides is 1. The van der Waals surface area contributed by atoms with Gasteiger partial charge in [0.25, 0.3) is 0 Å². The lowest BCUT2D eigenvalue weighted by atomic mass is 10.1. The highest BCUT2D eigenvalue weighted by Gasteiger charge is 2.06. The lowest BCUT2D eigenvalue weighted by Crippen LogP contribution is -2.23. The number of hydrogen-bond donors (Lipinski definition) is 0. The summed E-state index contributed by atoms with van der Waals surface area (Å²) in [6.45, 7) is 5.94. The summed E-state index contributed by atoms with van der Waals surface area (Å²) in [7, 11) is 3.50. The number of rotatable bonds is 2. The predicted octanol–water partition coefficient (Wildman–Crippen LogP) is 3.31. The van der Waals surface area contributed by atoms with Gasteiger partial charge in [-0.2, -0.15) is 0 Å². The summed E-state index contributed by atoms with van der Waals surface area (Å²) in [5, 5.41) is 0.717. The molecule has 0 heterocycles. The van der Waals surface area contributed by atoms with E-state index in [1.165, 1.54) is 0 Å². The molecule has 0 spiro atoms. The van der Waals surface area contributed by atoms with Crippen LogP contribution in [0.5, 0.6) is 0 Å². The first-order valence-electron chi connectivity index (χ1n) is 5.46. The molecule has 0 aromatic heterocycles. The molecule has 2 nitrogen and oxygen atoms in total. The van der Waals surface area contributed by atoms with E-state index in [1.807, 2.05) is 39.0 Å². The van der Waals surface area contributed by atoms with Gasteiger partial charge in [-0.1, -0.05) is 37.6 Å². The Labute approximate surface area is 103 Å². The molecule has 0 unspecified atom stereocenters. The average molecular weight is 242 g/mol. The zero-order valence-electron chi connectivity index (χ0n) is 10.7. The summed E-state index contributed by atoms with van der Waals surface area (Å²) in [5.74, 6) is 0.0879. The third kappa shape index (κ3) is 4.67. The van der Waals surface area contributed by atoms with E-state index in [-0.39, 0.29) is 5.91 Å². The van der Waals surface area contributed by atoms with Crippen LogP contribution in [0.15, 0.2) is 18.2 Å². The van der Waals surface area contributed by atoms with Gasteiger partial charge in [-0.25, -0.2) is 0 Å². The fourth-order valence-electron chi connectivity index (χ4n) is 1.08. The van der Waals surface area contributed by atoms with Crippen LogP contribution in [0, 0.1) is 6.92 Å². The summed E-state index contributed by atoms with van der Waals surface area (Å²) in [6.07, 6.45) is 0.410. The topological polar surface area (TPSA) is 20.3 Å². The second-order valence-electron chi connectivity index (χ2n) is 3.55. The molecule has 1 aromatic rings. The summed E-state index contributed by atoms with van der Waals surface area (Å²) in [4.78, 5) is 13.0. The van der Waals surface area contributed by atoms with Gasteiger partial charge in [0, 0.05) is 19.1 Å². The zero-order valence-corrected chi connectivity index (χ0v) is 11.4. The number of carbonyl (C=O) groups is 1. The Morgan fingerprint density at radius 1 is 1.31 bits per heavy atom. The molecule has 90 valence electrons. The predicted molar refractivity (Wildman–Crippen MR) is 69.9 cm³/mol. The first kappa shape index (κ1) is 15.0. The number of likely N-dealkylation sites (N-methyl/N-ethyl adjacent to an activating group) is 1. The van der Waals surface area contributed by atoms with E-state index in [4.69, 9.17) is 11.6 Å². The van der Waals surface area contributed by atoms with Crippen LogP contribution < -0.4 is 0 Å². The molecular formula is C13H20ClNO. The minimum atomic E-state index is 0.0879. The summed E-state index contributed by atoms with van der Waals surface area (Å²) < 4.78 is 0. The van der Waals surface area contributed by atoms with Gasteiger partial charge in [0.1, 0.15) is 0 Å². The summed E-state index contributed by atoms with van der Waals surface area (Å²) in [6, 6.07) is 5.71. The van der Waals surface area contributed by atoms with Gasteiger partial charge >= 0.3 is 0 Å². The van der Waals surface area contributed by atoms with Crippen molar-refractivity contribution in [3.63, 3.8) is 0 Å². The van der Waals surface area contributed by atoms with Crippen LogP contribution in [0.1, 0.15) is 25.0 Å². The molecule has 0 aliphatic heterocycles. The molecule has 0 saturated carbocycles. The molecule has 1 rings (SSSR count). The van der Waals surface area contributed by atoms with E-state index in [9.17, 15) is 4.79 Å². The lowest BCUT2D eigenvalue weighted by molar-refractivity contribution is -0.127. The van der Waals surface area contributed by atoms with Gasteiger partial charge in [0.05, 0.1) is 6.42 Å². The normalized spacial score (nSPS) is 9.12. The molecule has 0 aliphatic rings. The van der Waals surface area contributed by atoms with E-state index in [0.717, 1.165) is 11.1 Å². The van der Waals surface area contributed by atoms with E-state index in [2.05, 4.69) is 0 Å². The van der Waals surface area contributed by atoms with E-state index in [1.54, 1.807) is 19.0 Å². The molecule has 0 aliphatic carbocycles. The first-order chi connectivity index (χ1) is 7.50. The van der Waals surface area contributed by atoms with Crippen LogP contribution in [-0.2, 0) is 11.2 Å². The highest BCUT2D eigenvalue weighted by Crippen LogP contribution is 2.17. The molecule has 0 fully saturated rings. The second-order valence-corrected chi connectivity index (χ2v) is 3.96. The third-order valence-electron chi connectivity index (χ3n) is 2.09. The maximum Gasteiger partial charge on any atom is 0.226 e. The molecule has 0 radical (unpaired) electrons. The lowest BCUT2D eigenvalue weighted by Gasteiger charge is -2.10. The summed E-state index contributed by atoms with van der Waals surface area (Å²) in [5.41, 5.74) is 1.99. The van der Waals surface area contributed by atoms with Gasteiger partial charge in [-0.15, -0.1) is 0 Å². The van der Waals surface area contributed by atoms with Gasteiger partial charge in [-0.3, -0.25) is 4.79 Å². The molecule has 3 heteroatoms. The number of carbonyl (C=O) groups excluding carboxylic acids is 1. The summed E-state index contributed by atoms with van der Waals surface area (Å²) >= 11 is 5.95. The molecule has 0 N–H and O–H groups in total. The maximum atomic E-state index is 11.4. The standard InChI is InChI=1S/C11H14ClNO.C2H6/c1-8-4-5-9(6-10(8)12)7-11(14)13(2)3;1-2/h4-6H,7H2,1-3H3;1-2H3. The van der Waals surface area contributed by atoms with Crippen LogP contribution in [0.2, 0.25) is 5.02 Å². The molecule has 16 heavy (non-hydrogen) atoms. The SMILES string of the molecule is CC.Cc1ccc(CC(=O)N(C)C)cc1Cl. The van der Waals surface area contributed by atoms with E-state index < -0.39 is 0 Å². The number of nitrogens with zero attached hydrogens (tertiary/aromatic N) is 1.